The van der Waals surface area contributed by atoms with Gasteiger partial charge < -0.3 is 5.43 Å². The average Bonchev–Trinajstić information content (AvgIpc) is 1.89. The van der Waals surface area contributed by atoms with Crippen LogP contribution in [-0.4, -0.2) is 6.04 Å². The van der Waals surface area contributed by atoms with Crippen molar-refractivity contribution >= 4 is 0 Å². The van der Waals surface area contributed by atoms with Gasteiger partial charge in [-0.25, -0.2) is 5.43 Å². The zero-order valence-corrected chi connectivity index (χ0v) is 6.78. The first-order valence-corrected chi connectivity index (χ1v) is 3.68. The minimum absolute atomic E-state index is 0.498. The van der Waals surface area contributed by atoms with E-state index in [4.69, 9.17) is 0 Å². The van der Waals surface area contributed by atoms with E-state index >= 15 is 0 Å². The summed E-state index contributed by atoms with van der Waals surface area (Å²) in [5.41, 5.74) is 8.59. The van der Waals surface area contributed by atoms with Crippen molar-refractivity contribution in [2.75, 3.05) is 0 Å². The molecule has 60 valence electrons. The normalized spacial score (nSPS) is 12.6. The Morgan fingerprint density at radius 2 is 2.30 bits per heavy atom. The van der Waals surface area contributed by atoms with Crippen molar-refractivity contribution < 1.29 is 0 Å². The SMILES string of the molecule is C=CNNNC(C)CCC. The summed E-state index contributed by atoms with van der Waals surface area (Å²) in [5, 5.41) is 0. The van der Waals surface area contributed by atoms with E-state index in [2.05, 4.69) is 36.8 Å². The van der Waals surface area contributed by atoms with Crippen molar-refractivity contribution in [3.05, 3.63) is 12.8 Å². The van der Waals surface area contributed by atoms with Crippen LogP contribution in [-0.2, 0) is 0 Å². The summed E-state index contributed by atoms with van der Waals surface area (Å²) in [6.07, 6.45) is 3.96. The molecular weight excluding hydrogens is 126 g/mol. The number of rotatable bonds is 6. The molecule has 0 fully saturated rings. The maximum atomic E-state index is 3.49. The van der Waals surface area contributed by atoms with Crippen LogP contribution in [0.15, 0.2) is 12.8 Å². The smallest absolute Gasteiger partial charge is 0.0201 e. The highest BCUT2D eigenvalue weighted by Gasteiger charge is 1.95. The topological polar surface area (TPSA) is 36.1 Å². The third-order valence-corrected chi connectivity index (χ3v) is 1.21. The van der Waals surface area contributed by atoms with Crippen LogP contribution < -0.4 is 16.4 Å². The molecule has 0 amide bonds. The van der Waals surface area contributed by atoms with Gasteiger partial charge in [0.25, 0.3) is 0 Å². The molecule has 0 aliphatic carbocycles. The number of nitrogens with one attached hydrogen (secondary N) is 3. The van der Waals surface area contributed by atoms with Crippen LogP contribution in [0.3, 0.4) is 0 Å². The first-order chi connectivity index (χ1) is 4.81. The lowest BCUT2D eigenvalue weighted by Gasteiger charge is -2.12. The molecule has 0 aromatic carbocycles. The minimum atomic E-state index is 0.498. The summed E-state index contributed by atoms with van der Waals surface area (Å²) in [4.78, 5) is 0. The van der Waals surface area contributed by atoms with Crippen molar-refractivity contribution in [3.8, 4) is 0 Å². The van der Waals surface area contributed by atoms with Crippen molar-refractivity contribution in [3.63, 3.8) is 0 Å². The molecule has 1 atom stereocenters. The van der Waals surface area contributed by atoms with E-state index in [1.807, 2.05) is 0 Å². The Kier molecular flexibility index (Phi) is 6.22. The summed E-state index contributed by atoms with van der Waals surface area (Å²) < 4.78 is 0. The largest absolute Gasteiger partial charge is 0.316 e. The highest BCUT2D eigenvalue weighted by Crippen LogP contribution is 1.91. The highest BCUT2D eigenvalue weighted by molar-refractivity contribution is 4.59. The Labute approximate surface area is 62.8 Å². The van der Waals surface area contributed by atoms with Gasteiger partial charge in [-0.15, -0.1) is 0 Å². The second-order valence-electron chi connectivity index (χ2n) is 2.31. The summed E-state index contributed by atoms with van der Waals surface area (Å²) >= 11 is 0. The molecule has 3 heteroatoms. The van der Waals surface area contributed by atoms with Gasteiger partial charge in [0, 0.05) is 12.2 Å². The Hall–Kier alpha value is -0.540. The summed E-state index contributed by atoms with van der Waals surface area (Å²) in [5.74, 6) is 0. The Morgan fingerprint density at radius 3 is 2.80 bits per heavy atom. The second-order valence-corrected chi connectivity index (χ2v) is 2.31. The fourth-order valence-electron chi connectivity index (χ4n) is 0.721. The maximum Gasteiger partial charge on any atom is 0.0201 e. The zero-order chi connectivity index (χ0) is 7.82. The van der Waals surface area contributed by atoms with Gasteiger partial charge in [0.05, 0.1) is 0 Å². The molecule has 3 nitrogen and oxygen atoms in total. The van der Waals surface area contributed by atoms with Gasteiger partial charge in [-0.05, 0) is 13.3 Å². The predicted molar refractivity (Wildman–Crippen MR) is 44.0 cm³/mol. The molecule has 0 aliphatic heterocycles. The van der Waals surface area contributed by atoms with Crippen LogP contribution >= 0.6 is 0 Å². The molecule has 0 rings (SSSR count). The van der Waals surface area contributed by atoms with Crippen LogP contribution in [0.1, 0.15) is 26.7 Å². The van der Waals surface area contributed by atoms with Crippen molar-refractivity contribution in [2.45, 2.75) is 32.7 Å². The molecule has 0 spiro atoms. The minimum Gasteiger partial charge on any atom is -0.316 e. The first kappa shape index (κ1) is 9.46. The van der Waals surface area contributed by atoms with Gasteiger partial charge in [0.15, 0.2) is 0 Å². The van der Waals surface area contributed by atoms with E-state index in [-0.39, 0.29) is 0 Å². The van der Waals surface area contributed by atoms with E-state index in [1.54, 1.807) is 6.20 Å². The third kappa shape index (κ3) is 5.59. The molecule has 0 aromatic rings. The second kappa shape index (κ2) is 6.58. The highest BCUT2D eigenvalue weighted by atomic mass is 15.6. The third-order valence-electron chi connectivity index (χ3n) is 1.21. The number of hydrogen-bond acceptors (Lipinski definition) is 3. The molecule has 0 saturated carbocycles. The van der Waals surface area contributed by atoms with Gasteiger partial charge >= 0.3 is 0 Å². The lowest BCUT2D eigenvalue weighted by atomic mass is 10.2. The maximum absolute atomic E-state index is 3.49. The lowest BCUT2D eigenvalue weighted by Crippen LogP contribution is -2.45. The molecular formula is C7H17N3. The Balaban J connectivity index is 3.04. The van der Waals surface area contributed by atoms with Crippen molar-refractivity contribution in [1.29, 1.82) is 0 Å². The summed E-state index contributed by atoms with van der Waals surface area (Å²) in [6, 6.07) is 0.498. The molecule has 1 unspecified atom stereocenters. The summed E-state index contributed by atoms with van der Waals surface area (Å²) in [6.45, 7) is 7.78. The molecule has 3 N–H and O–H groups in total. The number of hydrogen-bond donors (Lipinski definition) is 3. The molecule has 0 bridgehead atoms. The average molecular weight is 143 g/mol. The number of hydrazine groups is 2. The van der Waals surface area contributed by atoms with Crippen LogP contribution in [0, 0.1) is 0 Å². The van der Waals surface area contributed by atoms with E-state index in [9.17, 15) is 0 Å². The predicted octanol–water partition coefficient (Wildman–Crippen LogP) is 0.917. The van der Waals surface area contributed by atoms with Gasteiger partial charge in [-0.1, -0.05) is 19.9 Å². The van der Waals surface area contributed by atoms with Crippen LogP contribution in [0.4, 0.5) is 0 Å². The van der Waals surface area contributed by atoms with Gasteiger partial charge in [-0.3, -0.25) is 0 Å². The van der Waals surface area contributed by atoms with Gasteiger partial charge in [0.1, 0.15) is 0 Å². The molecule has 0 aromatic heterocycles. The molecule has 0 radical (unpaired) electrons. The molecule has 0 saturated heterocycles. The molecule has 0 heterocycles. The van der Waals surface area contributed by atoms with Gasteiger partial charge in [0.2, 0.25) is 0 Å². The van der Waals surface area contributed by atoms with Crippen LogP contribution in [0.25, 0.3) is 0 Å². The quantitative estimate of drug-likeness (QED) is 0.382. The van der Waals surface area contributed by atoms with Crippen LogP contribution in [0.2, 0.25) is 0 Å². The Morgan fingerprint density at radius 1 is 1.60 bits per heavy atom. The fraction of sp³-hybridized carbons (Fsp3) is 0.714. The first-order valence-electron chi connectivity index (χ1n) is 3.68. The van der Waals surface area contributed by atoms with E-state index in [1.165, 1.54) is 12.8 Å². The van der Waals surface area contributed by atoms with Gasteiger partial charge in [-0.2, -0.15) is 5.53 Å². The van der Waals surface area contributed by atoms with E-state index < -0.39 is 0 Å². The van der Waals surface area contributed by atoms with E-state index in [0.29, 0.717) is 6.04 Å². The molecule has 10 heavy (non-hydrogen) atoms. The molecule has 0 aliphatic rings. The lowest BCUT2D eigenvalue weighted by molar-refractivity contribution is 0.401. The van der Waals surface area contributed by atoms with Crippen molar-refractivity contribution in [1.82, 2.24) is 16.4 Å². The fourth-order valence-corrected chi connectivity index (χ4v) is 0.721. The van der Waals surface area contributed by atoms with E-state index in [0.717, 1.165) is 0 Å². The van der Waals surface area contributed by atoms with Crippen molar-refractivity contribution in [2.24, 2.45) is 0 Å². The zero-order valence-electron chi connectivity index (χ0n) is 6.78. The standard InChI is InChI=1S/C7H17N3/c1-4-6-7(3)9-10-8-5-2/h5,7-10H,2,4,6H2,1,3H3. The monoisotopic (exact) mass is 143 g/mol. The Bertz CT molecular complexity index is 82.9. The van der Waals surface area contributed by atoms with Crippen LogP contribution in [0.5, 0.6) is 0 Å². The summed E-state index contributed by atoms with van der Waals surface area (Å²) in [7, 11) is 0.